The van der Waals surface area contributed by atoms with Gasteiger partial charge in [0, 0.05) is 0 Å². The number of rotatable bonds is 6. The van der Waals surface area contributed by atoms with Gasteiger partial charge in [-0.15, -0.1) is 0 Å². The molecule has 21 heavy (non-hydrogen) atoms. The average molecular weight is 386 g/mol. The third kappa shape index (κ3) is 4.98. The maximum absolute atomic E-state index is 12.0. The van der Waals surface area contributed by atoms with Crippen LogP contribution in [-0.2, 0) is 0 Å². The fourth-order valence-corrected chi connectivity index (χ4v) is 3.62. The van der Waals surface area contributed by atoms with Crippen LogP contribution in [0.5, 0.6) is 0 Å². The first kappa shape index (κ1) is 16.3. The second-order valence-corrected chi connectivity index (χ2v) is 7.29. The zero-order chi connectivity index (χ0) is 15.2. The Balaban J connectivity index is 1.83. The summed E-state index contributed by atoms with van der Waals surface area (Å²) in [7, 11) is 0. The maximum atomic E-state index is 12.0. The molecule has 0 bridgehead atoms. The van der Waals surface area contributed by atoms with Crippen LogP contribution in [0.3, 0.4) is 0 Å². The second kappa shape index (κ2) is 7.76. The van der Waals surface area contributed by atoms with Gasteiger partial charge in [0.25, 0.3) is 0 Å². The van der Waals surface area contributed by atoms with Crippen molar-refractivity contribution in [1.82, 2.24) is 0 Å². The van der Waals surface area contributed by atoms with Crippen LogP contribution in [0.2, 0.25) is 20.7 Å². The SMILES string of the molecule is O=C(C[Se]CC(=O)c1ccc(Cl)cc1)c1ccc(Cl)cc1. The van der Waals surface area contributed by atoms with Crippen LogP contribution in [0.15, 0.2) is 48.5 Å². The molecule has 0 aliphatic heterocycles. The van der Waals surface area contributed by atoms with E-state index in [0.717, 1.165) is 0 Å². The third-order valence-corrected chi connectivity index (χ3v) is 5.26. The fraction of sp³-hybridized carbons (Fsp3) is 0.125. The summed E-state index contributed by atoms with van der Waals surface area (Å²) in [6.07, 6.45) is 0. The summed E-state index contributed by atoms with van der Waals surface area (Å²) in [5.74, 6) is 0.103. The van der Waals surface area contributed by atoms with Crippen molar-refractivity contribution in [2.75, 3.05) is 0 Å². The molecule has 2 rings (SSSR count). The van der Waals surface area contributed by atoms with E-state index in [1.807, 2.05) is 0 Å². The van der Waals surface area contributed by atoms with E-state index in [-0.39, 0.29) is 26.5 Å². The van der Waals surface area contributed by atoms with E-state index >= 15 is 0 Å². The summed E-state index contributed by atoms with van der Waals surface area (Å²) in [6, 6.07) is 13.6. The Bertz CT molecular complexity index is 579. The molecular formula is C16H12Cl2O2Se. The third-order valence-electron chi connectivity index (χ3n) is 2.80. The molecule has 2 aromatic carbocycles. The van der Waals surface area contributed by atoms with Gasteiger partial charge in [-0.3, -0.25) is 0 Å². The zero-order valence-corrected chi connectivity index (χ0v) is 14.2. The van der Waals surface area contributed by atoms with Crippen molar-refractivity contribution in [3.05, 3.63) is 69.7 Å². The van der Waals surface area contributed by atoms with Crippen molar-refractivity contribution in [2.24, 2.45) is 0 Å². The molecule has 2 aromatic rings. The standard InChI is InChI=1S/C16H12Cl2O2Se/c17-13-5-1-11(2-6-13)15(19)9-21-10-16(20)12-3-7-14(18)8-4-12/h1-8H,9-10H2. The van der Waals surface area contributed by atoms with Crippen molar-refractivity contribution in [2.45, 2.75) is 10.6 Å². The minimum absolute atomic E-state index is 0.0482. The number of benzene rings is 2. The monoisotopic (exact) mass is 386 g/mol. The van der Waals surface area contributed by atoms with Crippen molar-refractivity contribution in [3.8, 4) is 0 Å². The van der Waals surface area contributed by atoms with Crippen molar-refractivity contribution >= 4 is 49.7 Å². The molecule has 2 nitrogen and oxygen atoms in total. The van der Waals surface area contributed by atoms with Crippen molar-refractivity contribution in [3.63, 3.8) is 0 Å². The Labute approximate surface area is 139 Å². The summed E-state index contributed by atoms with van der Waals surface area (Å²) >= 11 is 11.5. The van der Waals surface area contributed by atoms with Gasteiger partial charge in [-0.05, 0) is 0 Å². The van der Waals surface area contributed by atoms with Gasteiger partial charge >= 0.3 is 140 Å². The number of Topliss-reactive ketones (excluding diaryl/α,β-unsaturated/α-hetero) is 2. The Morgan fingerprint density at radius 2 is 1.05 bits per heavy atom. The Morgan fingerprint density at radius 3 is 1.38 bits per heavy atom. The summed E-state index contributed by atoms with van der Waals surface area (Å²) in [6.45, 7) is 0. The van der Waals surface area contributed by atoms with Crippen LogP contribution in [0.25, 0.3) is 0 Å². The molecule has 108 valence electrons. The number of ketones is 2. The number of carbonyl (C=O) groups is 2. The summed E-state index contributed by atoms with van der Waals surface area (Å²) < 4.78 is 0. The van der Waals surface area contributed by atoms with Gasteiger partial charge in [0.1, 0.15) is 0 Å². The van der Waals surface area contributed by atoms with E-state index < -0.39 is 0 Å². The molecular weight excluding hydrogens is 374 g/mol. The predicted octanol–water partition coefficient (Wildman–Crippen LogP) is 4.60. The van der Waals surface area contributed by atoms with E-state index in [4.69, 9.17) is 23.2 Å². The van der Waals surface area contributed by atoms with Crippen molar-refractivity contribution in [1.29, 1.82) is 0 Å². The molecule has 0 aliphatic rings. The average Bonchev–Trinajstić information content (AvgIpc) is 2.48. The van der Waals surface area contributed by atoms with E-state index in [9.17, 15) is 9.59 Å². The van der Waals surface area contributed by atoms with E-state index in [1.54, 1.807) is 48.5 Å². The van der Waals surface area contributed by atoms with Crippen LogP contribution in [0.1, 0.15) is 20.7 Å². The normalized spacial score (nSPS) is 10.4. The van der Waals surface area contributed by atoms with Gasteiger partial charge in [-0.1, -0.05) is 0 Å². The van der Waals surface area contributed by atoms with Gasteiger partial charge in [-0.25, -0.2) is 0 Å². The van der Waals surface area contributed by atoms with E-state index in [0.29, 0.717) is 31.8 Å². The van der Waals surface area contributed by atoms with Gasteiger partial charge in [0.2, 0.25) is 0 Å². The summed E-state index contributed by atoms with van der Waals surface area (Å²) in [5, 5.41) is 2.03. The molecule has 0 N–H and O–H groups in total. The quantitative estimate of drug-likeness (QED) is 0.537. The molecule has 0 aliphatic carbocycles. The molecule has 0 saturated carbocycles. The minimum atomic E-state index is -0.0482. The topological polar surface area (TPSA) is 34.1 Å². The molecule has 0 fully saturated rings. The molecule has 0 spiro atoms. The van der Waals surface area contributed by atoms with Gasteiger partial charge in [-0.2, -0.15) is 0 Å². The molecule has 0 heterocycles. The Kier molecular flexibility index (Phi) is 6.01. The van der Waals surface area contributed by atoms with Crippen LogP contribution in [-0.4, -0.2) is 26.5 Å². The second-order valence-electron chi connectivity index (χ2n) is 4.35. The van der Waals surface area contributed by atoms with Gasteiger partial charge in [0.15, 0.2) is 0 Å². The molecule has 0 amide bonds. The molecule has 0 saturated heterocycles. The Hall–Kier alpha value is -1.12. The predicted molar refractivity (Wildman–Crippen MR) is 86.9 cm³/mol. The first-order valence-corrected chi connectivity index (χ1v) is 9.39. The fourth-order valence-electron chi connectivity index (χ4n) is 1.67. The van der Waals surface area contributed by atoms with Gasteiger partial charge < -0.3 is 0 Å². The molecule has 0 atom stereocenters. The summed E-state index contributed by atoms with van der Waals surface area (Å²) in [4.78, 5) is 23.9. The zero-order valence-electron chi connectivity index (χ0n) is 11.0. The Morgan fingerprint density at radius 1 is 0.714 bits per heavy atom. The van der Waals surface area contributed by atoms with E-state index in [1.165, 1.54) is 0 Å². The van der Waals surface area contributed by atoms with Crippen molar-refractivity contribution < 1.29 is 9.59 Å². The van der Waals surface area contributed by atoms with Crippen LogP contribution in [0.4, 0.5) is 0 Å². The van der Waals surface area contributed by atoms with Gasteiger partial charge in [0.05, 0.1) is 0 Å². The molecule has 0 unspecified atom stereocenters. The number of carbonyl (C=O) groups excluding carboxylic acids is 2. The first-order chi connectivity index (χ1) is 10.1. The number of hydrogen-bond acceptors (Lipinski definition) is 2. The van der Waals surface area contributed by atoms with E-state index in [2.05, 4.69) is 0 Å². The summed E-state index contributed by atoms with van der Waals surface area (Å²) in [5.41, 5.74) is 1.28. The molecule has 0 radical (unpaired) electrons. The van der Waals surface area contributed by atoms with Crippen LogP contribution >= 0.6 is 23.2 Å². The molecule has 0 aromatic heterocycles. The molecule has 5 heteroatoms. The van der Waals surface area contributed by atoms with Crippen LogP contribution in [0, 0.1) is 0 Å². The van der Waals surface area contributed by atoms with Crippen LogP contribution < -0.4 is 0 Å². The number of hydrogen-bond donors (Lipinski definition) is 0. The number of halogens is 2. The first-order valence-electron chi connectivity index (χ1n) is 6.21.